The third kappa shape index (κ3) is 3.48. The van der Waals surface area contributed by atoms with Gasteiger partial charge in [-0.1, -0.05) is 19.3 Å². The monoisotopic (exact) mass is 267 g/mol. The first-order valence-corrected chi connectivity index (χ1v) is 8.28. The van der Waals surface area contributed by atoms with Gasteiger partial charge in [0.25, 0.3) is 0 Å². The van der Waals surface area contributed by atoms with Crippen LogP contribution in [0.1, 0.15) is 44.9 Å². The van der Waals surface area contributed by atoms with Crippen LogP contribution in [0.3, 0.4) is 0 Å². The van der Waals surface area contributed by atoms with Crippen molar-refractivity contribution in [2.45, 2.75) is 51.1 Å². The lowest BCUT2D eigenvalue weighted by atomic mass is 10.1. The van der Waals surface area contributed by atoms with Crippen molar-refractivity contribution in [1.82, 2.24) is 14.9 Å². The topological polar surface area (TPSA) is 19.0 Å². The molecule has 4 heteroatoms. The molecule has 0 aromatic carbocycles. The summed E-state index contributed by atoms with van der Waals surface area (Å²) in [6.45, 7) is 7.91. The van der Waals surface area contributed by atoms with Crippen molar-refractivity contribution in [3.05, 3.63) is 0 Å². The van der Waals surface area contributed by atoms with Crippen LogP contribution in [0.25, 0.3) is 0 Å². The van der Waals surface area contributed by atoms with E-state index >= 15 is 0 Å². The number of rotatable bonds is 2. The zero-order valence-corrected chi connectivity index (χ0v) is 12.2. The highest BCUT2D eigenvalue weighted by molar-refractivity contribution is 4.78. The van der Waals surface area contributed by atoms with Crippen molar-refractivity contribution >= 4 is 0 Å². The molecule has 0 N–H and O–H groups in total. The number of hydrogen-bond acceptors (Lipinski definition) is 4. The molecule has 19 heavy (non-hydrogen) atoms. The molecule has 0 radical (unpaired) electrons. The van der Waals surface area contributed by atoms with Gasteiger partial charge in [0, 0.05) is 32.7 Å². The fourth-order valence-corrected chi connectivity index (χ4v) is 3.79. The molecule has 1 atom stereocenters. The van der Waals surface area contributed by atoms with Crippen LogP contribution in [0.15, 0.2) is 0 Å². The van der Waals surface area contributed by atoms with Gasteiger partial charge in [0.1, 0.15) is 0 Å². The molecule has 0 amide bonds. The van der Waals surface area contributed by atoms with Crippen LogP contribution >= 0.6 is 0 Å². The maximum absolute atomic E-state index is 5.53. The van der Waals surface area contributed by atoms with Crippen LogP contribution in [0.5, 0.6) is 0 Å². The highest BCUT2D eigenvalue weighted by Crippen LogP contribution is 2.24. The van der Waals surface area contributed by atoms with Crippen molar-refractivity contribution in [2.24, 2.45) is 0 Å². The van der Waals surface area contributed by atoms with Crippen molar-refractivity contribution in [3.8, 4) is 0 Å². The van der Waals surface area contributed by atoms with Crippen molar-refractivity contribution < 1.29 is 4.74 Å². The molecule has 3 heterocycles. The lowest BCUT2D eigenvalue weighted by Gasteiger charge is -2.46. The van der Waals surface area contributed by atoms with Crippen LogP contribution in [0.4, 0.5) is 0 Å². The zero-order valence-electron chi connectivity index (χ0n) is 12.2. The van der Waals surface area contributed by atoms with Gasteiger partial charge in [-0.3, -0.25) is 4.90 Å². The van der Waals surface area contributed by atoms with E-state index in [0.717, 1.165) is 26.3 Å². The van der Waals surface area contributed by atoms with Crippen LogP contribution in [-0.4, -0.2) is 67.0 Å². The minimum absolute atomic E-state index is 0.643. The molecule has 0 aromatic rings. The first-order valence-electron chi connectivity index (χ1n) is 8.28. The van der Waals surface area contributed by atoms with Crippen LogP contribution in [-0.2, 0) is 4.74 Å². The molecule has 3 aliphatic rings. The van der Waals surface area contributed by atoms with Crippen molar-refractivity contribution in [1.29, 1.82) is 0 Å². The van der Waals surface area contributed by atoms with Gasteiger partial charge in [0.15, 0.2) is 0 Å². The molecule has 3 saturated heterocycles. The smallest absolute Gasteiger partial charge is 0.0761 e. The Labute approximate surface area is 117 Å². The van der Waals surface area contributed by atoms with E-state index in [1.54, 1.807) is 0 Å². The Hall–Kier alpha value is -0.160. The zero-order chi connectivity index (χ0) is 12.9. The highest BCUT2D eigenvalue weighted by atomic mass is 16.5. The molecule has 110 valence electrons. The Kier molecular flexibility index (Phi) is 5.10. The Bertz CT molecular complexity index is 236. The summed E-state index contributed by atoms with van der Waals surface area (Å²) in [7, 11) is 0. The minimum Gasteiger partial charge on any atom is -0.379 e. The summed E-state index contributed by atoms with van der Waals surface area (Å²) in [5, 5.41) is 5.38. The van der Waals surface area contributed by atoms with Gasteiger partial charge < -0.3 is 4.74 Å². The molecule has 3 aliphatic heterocycles. The van der Waals surface area contributed by atoms with Gasteiger partial charge in [-0.05, 0) is 25.7 Å². The number of hydrazine groups is 1. The molecular weight excluding hydrogens is 238 g/mol. The number of morpholine rings is 1. The molecule has 0 spiro atoms. The summed E-state index contributed by atoms with van der Waals surface area (Å²) >= 11 is 0. The summed E-state index contributed by atoms with van der Waals surface area (Å²) < 4.78 is 5.53. The average molecular weight is 267 g/mol. The second-order valence-corrected chi connectivity index (χ2v) is 6.16. The fraction of sp³-hybridized carbons (Fsp3) is 1.00. The summed E-state index contributed by atoms with van der Waals surface area (Å²) in [5.74, 6) is 0. The molecular formula is C15H29N3O. The number of hydrogen-bond donors (Lipinski definition) is 0. The number of piperidine rings is 1. The predicted molar refractivity (Wildman–Crippen MR) is 76.8 cm³/mol. The third-order valence-electron chi connectivity index (χ3n) is 4.86. The summed E-state index contributed by atoms with van der Waals surface area (Å²) in [5.41, 5.74) is 0. The summed E-state index contributed by atoms with van der Waals surface area (Å²) in [4.78, 5) is 2.67. The van der Waals surface area contributed by atoms with Gasteiger partial charge >= 0.3 is 0 Å². The molecule has 3 rings (SSSR count). The molecule has 0 saturated carbocycles. The fourth-order valence-electron chi connectivity index (χ4n) is 3.79. The minimum atomic E-state index is 0.643. The number of nitrogens with zero attached hydrogens (tertiary/aromatic N) is 3. The van der Waals surface area contributed by atoms with Crippen molar-refractivity contribution in [3.63, 3.8) is 0 Å². The molecule has 3 fully saturated rings. The van der Waals surface area contributed by atoms with E-state index in [0.29, 0.717) is 6.17 Å². The first-order chi connectivity index (χ1) is 9.45. The van der Waals surface area contributed by atoms with E-state index in [-0.39, 0.29) is 0 Å². The lowest BCUT2D eigenvalue weighted by Crippen LogP contribution is -2.58. The Morgan fingerprint density at radius 3 is 2.16 bits per heavy atom. The van der Waals surface area contributed by atoms with E-state index in [1.165, 1.54) is 64.6 Å². The van der Waals surface area contributed by atoms with Crippen LogP contribution in [0.2, 0.25) is 0 Å². The van der Waals surface area contributed by atoms with Crippen LogP contribution in [0, 0.1) is 0 Å². The van der Waals surface area contributed by atoms with Gasteiger partial charge in [0.2, 0.25) is 0 Å². The largest absolute Gasteiger partial charge is 0.379 e. The van der Waals surface area contributed by atoms with Gasteiger partial charge in [0.05, 0.1) is 19.4 Å². The SMILES string of the molecule is C1CCN(N2CCCCCC2N2CCOCC2)CC1. The molecule has 0 aromatic heterocycles. The molecule has 4 nitrogen and oxygen atoms in total. The van der Waals surface area contributed by atoms with Crippen molar-refractivity contribution in [2.75, 3.05) is 45.9 Å². The lowest BCUT2D eigenvalue weighted by molar-refractivity contribution is -0.136. The summed E-state index contributed by atoms with van der Waals surface area (Å²) in [6.07, 6.45) is 10.3. The van der Waals surface area contributed by atoms with Gasteiger partial charge in [-0.2, -0.15) is 0 Å². The second kappa shape index (κ2) is 7.02. The first kappa shape index (κ1) is 13.8. The van der Waals surface area contributed by atoms with E-state index in [1.807, 2.05) is 0 Å². The summed E-state index contributed by atoms with van der Waals surface area (Å²) in [6, 6.07) is 0. The normalized spacial score (nSPS) is 33.2. The Morgan fingerprint density at radius 2 is 1.37 bits per heavy atom. The standard InChI is InChI=1S/C15H29N3O/c1-3-7-15(16-11-13-19-14-12-16)18(10-6-1)17-8-4-2-5-9-17/h15H,1-14H2. The quantitative estimate of drug-likeness (QED) is 0.761. The Morgan fingerprint density at radius 1 is 0.684 bits per heavy atom. The maximum Gasteiger partial charge on any atom is 0.0761 e. The molecule has 0 bridgehead atoms. The van der Waals surface area contributed by atoms with E-state index in [4.69, 9.17) is 4.74 Å². The highest BCUT2D eigenvalue weighted by Gasteiger charge is 2.31. The van der Waals surface area contributed by atoms with E-state index < -0.39 is 0 Å². The third-order valence-corrected chi connectivity index (χ3v) is 4.86. The van der Waals surface area contributed by atoms with Gasteiger partial charge in [-0.15, -0.1) is 0 Å². The second-order valence-electron chi connectivity index (χ2n) is 6.16. The maximum atomic E-state index is 5.53. The molecule has 1 unspecified atom stereocenters. The average Bonchev–Trinajstić information content (AvgIpc) is 2.75. The van der Waals surface area contributed by atoms with Crippen LogP contribution < -0.4 is 0 Å². The predicted octanol–water partition coefficient (Wildman–Crippen LogP) is 1.92. The van der Waals surface area contributed by atoms with Gasteiger partial charge in [-0.25, -0.2) is 10.0 Å². The number of ether oxygens (including phenoxy) is 1. The Balaban J connectivity index is 1.68. The molecule has 0 aliphatic carbocycles. The van der Waals surface area contributed by atoms with E-state index in [9.17, 15) is 0 Å². The van der Waals surface area contributed by atoms with E-state index in [2.05, 4.69) is 14.9 Å².